The molecule has 0 radical (unpaired) electrons. The van der Waals surface area contributed by atoms with E-state index in [9.17, 15) is 9.18 Å². The Morgan fingerprint density at radius 1 is 0.966 bits per heavy atom. The molecule has 0 fully saturated rings. The molecule has 4 rings (SSSR count). The van der Waals surface area contributed by atoms with Gasteiger partial charge in [0.15, 0.2) is 8.68 Å². The summed E-state index contributed by atoms with van der Waals surface area (Å²) in [5.74, 6) is 0.410. The van der Waals surface area contributed by atoms with Crippen LogP contribution in [-0.2, 0) is 10.5 Å². The van der Waals surface area contributed by atoms with Gasteiger partial charge in [-0.3, -0.25) is 4.79 Å². The maximum atomic E-state index is 13.2. The van der Waals surface area contributed by atoms with Crippen LogP contribution in [0.4, 0.5) is 10.1 Å². The number of nitrogens with zero attached hydrogens (tertiary/aromatic N) is 2. The van der Waals surface area contributed by atoms with Gasteiger partial charge in [-0.15, -0.1) is 10.2 Å². The van der Waals surface area contributed by atoms with Crippen molar-refractivity contribution in [3.8, 4) is 0 Å². The largest absolute Gasteiger partial charge is 0.325 e. The van der Waals surface area contributed by atoms with E-state index in [2.05, 4.69) is 45.8 Å². The summed E-state index contributed by atoms with van der Waals surface area (Å²) in [5, 5.41) is 13.5. The maximum Gasteiger partial charge on any atom is 0.234 e. The highest BCUT2D eigenvalue weighted by Crippen LogP contribution is 2.32. The fourth-order valence-electron chi connectivity index (χ4n) is 2.76. The molecule has 0 bridgehead atoms. The fraction of sp³-hybridized carbons (Fsp3) is 0.0952. The van der Waals surface area contributed by atoms with Crippen LogP contribution in [0.5, 0.6) is 0 Å². The van der Waals surface area contributed by atoms with E-state index in [1.165, 1.54) is 51.6 Å². The number of nitrogens with one attached hydrogen (secondary N) is 1. The van der Waals surface area contributed by atoms with E-state index in [1.807, 2.05) is 12.1 Å². The van der Waals surface area contributed by atoms with Crippen molar-refractivity contribution < 1.29 is 9.18 Å². The quantitative estimate of drug-likeness (QED) is 0.364. The van der Waals surface area contributed by atoms with E-state index in [-0.39, 0.29) is 17.5 Å². The zero-order valence-corrected chi connectivity index (χ0v) is 17.6. The Labute approximate surface area is 179 Å². The molecular weight excluding hydrogens is 425 g/mol. The third-order valence-corrected chi connectivity index (χ3v) is 7.29. The topological polar surface area (TPSA) is 54.9 Å². The first kappa shape index (κ1) is 19.9. The summed E-state index contributed by atoms with van der Waals surface area (Å²) in [4.78, 5) is 12.0. The van der Waals surface area contributed by atoms with Crippen LogP contribution < -0.4 is 5.32 Å². The van der Waals surface area contributed by atoms with Gasteiger partial charge in [-0.2, -0.15) is 0 Å². The van der Waals surface area contributed by atoms with Crippen LogP contribution in [0.15, 0.2) is 75.4 Å². The van der Waals surface area contributed by atoms with Gasteiger partial charge in [0.05, 0.1) is 5.75 Å². The first-order valence-electron chi connectivity index (χ1n) is 8.78. The van der Waals surface area contributed by atoms with Gasteiger partial charge < -0.3 is 5.32 Å². The number of hydrogen-bond acceptors (Lipinski definition) is 6. The third-order valence-electron chi connectivity index (χ3n) is 4.05. The number of anilines is 1. The molecule has 0 saturated heterocycles. The number of halogens is 1. The molecule has 0 saturated carbocycles. The lowest BCUT2D eigenvalue weighted by Crippen LogP contribution is -2.13. The molecule has 4 nitrogen and oxygen atoms in total. The maximum absolute atomic E-state index is 13.2. The predicted molar refractivity (Wildman–Crippen MR) is 119 cm³/mol. The van der Waals surface area contributed by atoms with E-state index >= 15 is 0 Å². The van der Waals surface area contributed by atoms with Crippen molar-refractivity contribution in [3.63, 3.8) is 0 Å². The van der Waals surface area contributed by atoms with Gasteiger partial charge in [-0.1, -0.05) is 83.4 Å². The monoisotopic (exact) mass is 441 g/mol. The Bertz CT molecular complexity index is 1140. The number of rotatable bonds is 7. The lowest BCUT2D eigenvalue weighted by molar-refractivity contribution is -0.113. The normalized spacial score (nSPS) is 10.9. The number of benzene rings is 3. The van der Waals surface area contributed by atoms with Crippen LogP contribution in [0.2, 0.25) is 0 Å². The third kappa shape index (κ3) is 5.35. The molecule has 146 valence electrons. The first-order valence-corrected chi connectivity index (χ1v) is 11.6. The lowest BCUT2D eigenvalue weighted by Gasteiger charge is -2.04. The Kier molecular flexibility index (Phi) is 6.43. The minimum atomic E-state index is -0.382. The molecule has 1 aromatic heterocycles. The Balaban J connectivity index is 1.31. The van der Waals surface area contributed by atoms with E-state index in [1.54, 1.807) is 23.9 Å². The standard InChI is InChI=1S/C21H16FN3OS3/c22-16-8-4-9-17(11-16)23-19(26)13-28-21-25-24-20(29-21)27-12-15-7-3-6-14-5-1-2-10-18(14)15/h1-11H,12-13H2,(H,23,26). The number of carbonyl (C=O) groups excluding carboxylic acids is 1. The Morgan fingerprint density at radius 2 is 1.72 bits per heavy atom. The van der Waals surface area contributed by atoms with Crippen molar-refractivity contribution in [2.75, 3.05) is 11.1 Å². The smallest absolute Gasteiger partial charge is 0.234 e. The highest BCUT2D eigenvalue weighted by Gasteiger charge is 2.10. The summed E-state index contributed by atoms with van der Waals surface area (Å²) < 4.78 is 14.8. The molecule has 0 aliphatic carbocycles. The van der Waals surface area contributed by atoms with E-state index < -0.39 is 0 Å². The molecule has 3 aromatic carbocycles. The van der Waals surface area contributed by atoms with Crippen molar-refractivity contribution in [2.24, 2.45) is 0 Å². The molecule has 29 heavy (non-hydrogen) atoms. The van der Waals surface area contributed by atoms with E-state index in [4.69, 9.17) is 0 Å². The number of hydrogen-bond donors (Lipinski definition) is 1. The fourth-order valence-corrected chi connectivity index (χ4v) is 5.59. The number of thioether (sulfide) groups is 2. The van der Waals surface area contributed by atoms with Crippen LogP contribution in [0.3, 0.4) is 0 Å². The Hall–Kier alpha value is -2.42. The minimum absolute atomic E-state index is 0.194. The summed E-state index contributed by atoms with van der Waals surface area (Å²) in [6.45, 7) is 0. The van der Waals surface area contributed by atoms with Crippen LogP contribution in [0.25, 0.3) is 10.8 Å². The number of carbonyl (C=O) groups is 1. The van der Waals surface area contributed by atoms with Crippen LogP contribution >= 0.6 is 34.9 Å². The average molecular weight is 442 g/mol. The highest BCUT2D eigenvalue weighted by atomic mass is 32.2. The summed E-state index contributed by atoms with van der Waals surface area (Å²) in [7, 11) is 0. The number of amides is 1. The second-order valence-electron chi connectivity index (χ2n) is 6.11. The lowest BCUT2D eigenvalue weighted by atomic mass is 10.1. The summed E-state index contributed by atoms with van der Waals surface area (Å²) >= 11 is 4.43. The van der Waals surface area contributed by atoms with Crippen molar-refractivity contribution >= 4 is 57.2 Å². The van der Waals surface area contributed by atoms with Gasteiger partial charge in [-0.05, 0) is 34.5 Å². The van der Waals surface area contributed by atoms with Crippen molar-refractivity contribution in [2.45, 2.75) is 14.4 Å². The van der Waals surface area contributed by atoms with Gasteiger partial charge in [0, 0.05) is 11.4 Å². The second kappa shape index (κ2) is 9.39. The molecule has 1 amide bonds. The molecule has 0 spiro atoms. The molecule has 0 unspecified atom stereocenters. The van der Waals surface area contributed by atoms with Crippen LogP contribution in [0, 0.1) is 5.82 Å². The summed E-state index contributed by atoms with van der Waals surface area (Å²) in [6.07, 6.45) is 0. The molecule has 0 atom stereocenters. The molecule has 4 aromatic rings. The van der Waals surface area contributed by atoms with Gasteiger partial charge in [-0.25, -0.2) is 4.39 Å². The van der Waals surface area contributed by atoms with Gasteiger partial charge in [0.2, 0.25) is 5.91 Å². The average Bonchev–Trinajstić information content (AvgIpc) is 3.19. The van der Waals surface area contributed by atoms with Crippen LogP contribution in [-0.4, -0.2) is 21.9 Å². The number of aromatic nitrogens is 2. The molecule has 1 N–H and O–H groups in total. The van der Waals surface area contributed by atoms with Gasteiger partial charge in [0.1, 0.15) is 5.82 Å². The summed E-state index contributed by atoms with van der Waals surface area (Å²) in [6, 6.07) is 20.5. The van der Waals surface area contributed by atoms with E-state index in [0.29, 0.717) is 5.69 Å². The second-order valence-corrected chi connectivity index (χ2v) is 9.53. The minimum Gasteiger partial charge on any atom is -0.325 e. The molecule has 1 heterocycles. The molecule has 0 aliphatic heterocycles. The molecule has 8 heteroatoms. The zero-order chi connectivity index (χ0) is 20.1. The Morgan fingerprint density at radius 3 is 2.59 bits per heavy atom. The van der Waals surface area contributed by atoms with Crippen molar-refractivity contribution in [1.29, 1.82) is 0 Å². The molecular formula is C21H16FN3OS3. The van der Waals surface area contributed by atoms with Gasteiger partial charge in [0.25, 0.3) is 0 Å². The highest BCUT2D eigenvalue weighted by molar-refractivity contribution is 8.03. The van der Waals surface area contributed by atoms with E-state index in [0.717, 1.165) is 14.4 Å². The predicted octanol–water partition coefficient (Wildman–Crippen LogP) is 5.85. The first-order chi connectivity index (χ1) is 14.2. The van der Waals surface area contributed by atoms with Crippen LogP contribution in [0.1, 0.15) is 5.56 Å². The number of fused-ring (bicyclic) bond motifs is 1. The molecule has 0 aliphatic rings. The zero-order valence-electron chi connectivity index (χ0n) is 15.2. The van der Waals surface area contributed by atoms with Gasteiger partial charge >= 0.3 is 0 Å². The van der Waals surface area contributed by atoms with Crippen molar-refractivity contribution in [3.05, 3.63) is 78.1 Å². The summed E-state index contributed by atoms with van der Waals surface area (Å²) in [5.41, 5.74) is 1.70. The SMILES string of the molecule is O=C(CSc1nnc(SCc2cccc3ccccc23)s1)Nc1cccc(F)c1. The van der Waals surface area contributed by atoms with Crippen molar-refractivity contribution in [1.82, 2.24) is 10.2 Å².